The molecule has 0 aromatic heterocycles. The molecule has 0 aromatic rings. The third-order valence-electron chi connectivity index (χ3n) is 1.13. The molecule has 0 heteroatoms. The number of terminal acetylenes is 1. The Labute approximate surface area is 57.3 Å². The van der Waals surface area contributed by atoms with Crippen LogP contribution in [-0.4, -0.2) is 0 Å². The van der Waals surface area contributed by atoms with Gasteiger partial charge in [0.25, 0.3) is 0 Å². The van der Waals surface area contributed by atoms with Gasteiger partial charge in [-0.05, 0) is 18.4 Å². The van der Waals surface area contributed by atoms with Crippen LogP contribution in [0, 0.1) is 18.3 Å². The van der Waals surface area contributed by atoms with Crippen LogP contribution in [0.4, 0.5) is 0 Å². The fourth-order valence-electron chi connectivity index (χ4n) is 0.569. The predicted octanol–water partition coefficient (Wildman–Crippen LogP) is 2.38. The van der Waals surface area contributed by atoms with Gasteiger partial charge in [0, 0.05) is 6.42 Å². The molecule has 0 aliphatic heterocycles. The van der Waals surface area contributed by atoms with E-state index in [4.69, 9.17) is 6.42 Å². The maximum absolute atomic E-state index is 5.10. The molecule has 48 valence electrons. The van der Waals surface area contributed by atoms with Gasteiger partial charge in [0.05, 0.1) is 0 Å². The SMILES string of the molecule is C#CCC(C)CC=C=C. The molecule has 0 aliphatic rings. The topological polar surface area (TPSA) is 0 Å². The molecule has 0 aliphatic carbocycles. The third-order valence-corrected chi connectivity index (χ3v) is 1.13. The summed E-state index contributed by atoms with van der Waals surface area (Å²) in [6, 6.07) is 0. The summed E-state index contributed by atoms with van der Waals surface area (Å²) in [6.07, 6.45) is 8.86. The van der Waals surface area contributed by atoms with Crippen LogP contribution in [-0.2, 0) is 0 Å². The Hall–Kier alpha value is -0.920. The Morgan fingerprint density at radius 2 is 2.44 bits per heavy atom. The molecule has 0 nitrogen and oxygen atoms in total. The molecule has 1 atom stereocenters. The van der Waals surface area contributed by atoms with Crippen molar-refractivity contribution in [2.24, 2.45) is 5.92 Å². The Bertz CT molecular complexity index is 142. The molecule has 0 bridgehead atoms. The molecule has 9 heavy (non-hydrogen) atoms. The van der Waals surface area contributed by atoms with E-state index >= 15 is 0 Å². The highest BCUT2D eigenvalue weighted by atomic mass is 14.0. The molecule has 0 aromatic carbocycles. The fourth-order valence-corrected chi connectivity index (χ4v) is 0.569. The normalized spacial score (nSPS) is 11.1. The molecule has 0 rings (SSSR count). The molecular formula is C9H12. The summed E-state index contributed by atoms with van der Waals surface area (Å²) < 4.78 is 0. The van der Waals surface area contributed by atoms with E-state index in [0.29, 0.717) is 5.92 Å². The second-order valence-corrected chi connectivity index (χ2v) is 2.16. The first kappa shape index (κ1) is 8.08. The highest BCUT2D eigenvalue weighted by Gasteiger charge is 1.93. The largest absolute Gasteiger partial charge is 0.133 e. The second-order valence-electron chi connectivity index (χ2n) is 2.16. The third kappa shape index (κ3) is 4.94. The maximum Gasteiger partial charge on any atom is 0.0115 e. The Balaban J connectivity index is 3.40. The van der Waals surface area contributed by atoms with Gasteiger partial charge in [0.1, 0.15) is 0 Å². The van der Waals surface area contributed by atoms with Crippen molar-refractivity contribution >= 4 is 0 Å². The van der Waals surface area contributed by atoms with Gasteiger partial charge in [-0.3, -0.25) is 0 Å². The zero-order chi connectivity index (χ0) is 7.11. The van der Waals surface area contributed by atoms with Crippen LogP contribution >= 0.6 is 0 Å². The molecule has 0 heterocycles. The van der Waals surface area contributed by atoms with E-state index in [1.807, 2.05) is 6.08 Å². The first-order chi connectivity index (χ1) is 4.31. The van der Waals surface area contributed by atoms with Gasteiger partial charge in [-0.2, -0.15) is 0 Å². The summed E-state index contributed by atoms with van der Waals surface area (Å²) in [5, 5.41) is 0. The number of hydrogen-bond acceptors (Lipinski definition) is 0. The number of hydrogen-bond donors (Lipinski definition) is 0. The van der Waals surface area contributed by atoms with Crippen molar-refractivity contribution in [3.05, 3.63) is 18.4 Å². The van der Waals surface area contributed by atoms with Gasteiger partial charge >= 0.3 is 0 Å². The van der Waals surface area contributed by atoms with Crippen LogP contribution in [0.15, 0.2) is 18.4 Å². The summed E-state index contributed by atoms with van der Waals surface area (Å²) in [7, 11) is 0. The van der Waals surface area contributed by atoms with Gasteiger partial charge in [-0.15, -0.1) is 18.1 Å². The highest BCUT2D eigenvalue weighted by molar-refractivity contribution is 4.88. The molecule has 0 saturated carbocycles. The lowest BCUT2D eigenvalue weighted by atomic mass is 10.1. The minimum absolute atomic E-state index is 0.573. The molecule has 0 N–H and O–H groups in total. The smallest absolute Gasteiger partial charge is 0.0115 e. The van der Waals surface area contributed by atoms with Crippen molar-refractivity contribution in [3.63, 3.8) is 0 Å². The summed E-state index contributed by atoms with van der Waals surface area (Å²) in [5.74, 6) is 3.18. The minimum atomic E-state index is 0.573. The standard InChI is InChI=1S/C9H12/c1-4-6-8-9(3)7-5-2/h2,6,9H,1,7-8H2,3H3. The van der Waals surface area contributed by atoms with E-state index in [1.54, 1.807) is 0 Å². The van der Waals surface area contributed by atoms with Crippen molar-refractivity contribution < 1.29 is 0 Å². The molecular weight excluding hydrogens is 108 g/mol. The molecule has 0 radical (unpaired) electrons. The zero-order valence-corrected chi connectivity index (χ0v) is 5.85. The second kappa shape index (κ2) is 5.22. The van der Waals surface area contributed by atoms with Gasteiger partial charge in [0.2, 0.25) is 0 Å². The minimum Gasteiger partial charge on any atom is -0.133 e. The van der Waals surface area contributed by atoms with Crippen LogP contribution < -0.4 is 0 Å². The number of rotatable bonds is 3. The molecule has 0 fully saturated rings. The summed E-state index contributed by atoms with van der Waals surface area (Å²) in [5.41, 5.74) is 2.71. The van der Waals surface area contributed by atoms with Crippen molar-refractivity contribution in [1.82, 2.24) is 0 Å². The Morgan fingerprint density at radius 3 is 2.89 bits per heavy atom. The van der Waals surface area contributed by atoms with Crippen LogP contribution in [0.25, 0.3) is 0 Å². The molecule has 0 spiro atoms. The zero-order valence-electron chi connectivity index (χ0n) is 5.85. The van der Waals surface area contributed by atoms with Gasteiger partial charge in [-0.1, -0.05) is 13.5 Å². The molecule has 1 unspecified atom stereocenters. The van der Waals surface area contributed by atoms with E-state index in [1.165, 1.54) is 0 Å². The lowest BCUT2D eigenvalue weighted by Gasteiger charge is -1.99. The number of allylic oxidation sites excluding steroid dienone is 1. The molecule has 0 amide bonds. The van der Waals surface area contributed by atoms with Crippen molar-refractivity contribution in [3.8, 4) is 12.3 Å². The summed E-state index contributed by atoms with van der Waals surface area (Å²) in [6.45, 7) is 5.58. The van der Waals surface area contributed by atoms with Crippen LogP contribution in [0.3, 0.4) is 0 Å². The van der Waals surface area contributed by atoms with Crippen LogP contribution in [0.1, 0.15) is 19.8 Å². The highest BCUT2D eigenvalue weighted by Crippen LogP contribution is 2.05. The van der Waals surface area contributed by atoms with E-state index in [9.17, 15) is 0 Å². The van der Waals surface area contributed by atoms with Crippen LogP contribution in [0.5, 0.6) is 0 Å². The lowest BCUT2D eigenvalue weighted by Crippen LogP contribution is -1.88. The average Bonchev–Trinajstić information content (AvgIpc) is 1.85. The average molecular weight is 120 g/mol. The monoisotopic (exact) mass is 120 g/mol. The van der Waals surface area contributed by atoms with Gasteiger partial charge in [-0.25, -0.2) is 0 Å². The van der Waals surface area contributed by atoms with Gasteiger partial charge < -0.3 is 0 Å². The summed E-state index contributed by atoms with van der Waals surface area (Å²) >= 11 is 0. The van der Waals surface area contributed by atoms with Crippen molar-refractivity contribution in [2.75, 3.05) is 0 Å². The summed E-state index contributed by atoms with van der Waals surface area (Å²) in [4.78, 5) is 0. The van der Waals surface area contributed by atoms with E-state index in [-0.39, 0.29) is 0 Å². The quantitative estimate of drug-likeness (QED) is 0.396. The maximum atomic E-state index is 5.10. The first-order valence-electron chi connectivity index (χ1n) is 3.09. The molecule has 0 saturated heterocycles. The van der Waals surface area contributed by atoms with E-state index in [2.05, 4.69) is 25.2 Å². The fraction of sp³-hybridized carbons (Fsp3) is 0.444. The first-order valence-corrected chi connectivity index (χ1v) is 3.09. The Kier molecular flexibility index (Phi) is 4.69. The predicted molar refractivity (Wildman–Crippen MR) is 40.9 cm³/mol. The van der Waals surface area contributed by atoms with E-state index in [0.717, 1.165) is 12.8 Å². The van der Waals surface area contributed by atoms with Gasteiger partial charge in [0.15, 0.2) is 0 Å². The van der Waals surface area contributed by atoms with Crippen molar-refractivity contribution in [2.45, 2.75) is 19.8 Å². The van der Waals surface area contributed by atoms with Crippen LogP contribution in [0.2, 0.25) is 0 Å². The lowest BCUT2D eigenvalue weighted by molar-refractivity contribution is 0.613. The Morgan fingerprint density at radius 1 is 1.78 bits per heavy atom. The van der Waals surface area contributed by atoms with E-state index < -0.39 is 0 Å². The van der Waals surface area contributed by atoms with Crippen molar-refractivity contribution in [1.29, 1.82) is 0 Å².